The molecule has 17 heavy (non-hydrogen) atoms. The first-order chi connectivity index (χ1) is 8.15. The zero-order valence-corrected chi connectivity index (χ0v) is 10.9. The van der Waals surface area contributed by atoms with Crippen LogP contribution >= 0.6 is 0 Å². The largest absolute Gasteiger partial charge is 0.383 e. The summed E-state index contributed by atoms with van der Waals surface area (Å²) in [6.07, 6.45) is 2.54. The summed E-state index contributed by atoms with van der Waals surface area (Å²) in [4.78, 5) is 11.4. The van der Waals surface area contributed by atoms with Gasteiger partial charge in [-0.3, -0.25) is 4.79 Å². The summed E-state index contributed by atoms with van der Waals surface area (Å²) in [5.74, 6) is 0.0788. The summed E-state index contributed by atoms with van der Waals surface area (Å²) in [5.41, 5.74) is 1.95. The van der Waals surface area contributed by atoms with Gasteiger partial charge in [-0.15, -0.1) is 0 Å². The quantitative estimate of drug-likeness (QED) is 0.789. The molecule has 1 rings (SSSR count). The first-order valence-corrected chi connectivity index (χ1v) is 6.32. The van der Waals surface area contributed by atoms with Crippen molar-refractivity contribution < 1.29 is 4.79 Å². The van der Waals surface area contributed by atoms with Crippen LogP contribution in [0.1, 0.15) is 40.0 Å². The minimum Gasteiger partial charge on any atom is -0.383 e. The number of nitrogens with one attached hydrogen (secondary N) is 2. The second-order valence-corrected chi connectivity index (χ2v) is 4.33. The molecule has 3 heteroatoms. The zero-order valence-electron chi connectivity index (χ0n) is 10.9. The summed E-state index contributed by atoms with van der Waals surface area (Å²) in [6.45, 7) is 6.30. The second kappa shape index (κ2) is 6.94. The predicted molar refractivity (Wildman–Crippen MR) is 73.4 cm³/mol. The molecule has 0 saturated carbocycles. The standard InChI is InChI=1S/C14H22N2O/c1-4-6-14(17)16-13-9-7-12(8-10-13)15-11(3)5-2/h7-11,15H,4-6H2,1-3H3,(H,16,17). The Morgan fingerprint density at radius 1 is 1.18 bits per heavy atom. The Hall–Kier alpha value is -1.51. The summed E-state index contributed by atoms with van der Waals surface area (Å²) in [6, 6.07) is 8.31. The van der Waals surface area contributed by atoms with Gasteiger partial charge in [0.15, 0.2) is 0 Å². The van der Waals surface area contributed by atoms with Crippen LogP contribution in [-0.4, -0.2) is 11.9 Å². The summed E-state index contributed by atoms with van der Waals surface area (Å²) in [7, 11) is 0. The molecule has 0 aromatic heterocycles. The van der Waals surface area contributed by atoms with Crippen LogP contribution in [0.15, 0.2) is 24.3 Å². The van der Waals surface area contributed by atoms with E-state index in [-0.39, 0.29) is 5.91 Å². The maximum Gasteiger partial charge on any atom is 0.224 e. The molecule has 0 radical (unpaired) electrons. The molecule has 2 N–H and O–H groups in total. The number of carbonyl (C=O) groups excluding carboxylic acids is 1. The van der Waals surface area contributed by atoms with E-state index >= 15 is 0 Å². The maximum absolute atomic E-state index is 11.4. The van der Waals surface area contributed by atoms with Gasteiger partial charge < -0.3 is 10.6 Å². The third-order valence-corrected chi connectivity index (χ3v) is 2.67. The lowest BCUT2D eigenvalue weighted by molar-refractivity contribution is -0.116. The lowest BCUT2D eigenvalue weighted by Gasteiger charge is -2.13. The molecule has 0 bridgehead atoms. The van der Waals surface area contributed by atoms with E-state index in [1.165, 1.54) is 0 Å². The molecule has 0 saturated heterocycles. The third-order valence-electron chi connectivity index (χ3n) is 2.67. The van der Waals surface area contributed by atoms with E-state index in [0.717, 1.165) is 24.2 Å². The van der Waals surface area contributed by atoms with Gasteiger partial charge >= 0.3 is 0 Å². The second-order valence-electron chi connectivity index (χ2n) is 4.33. The Labute approximate surface area is 104 Å². The predicted octanol–water partition coefficient (Wildman–Crippen LogP) is 3.64. The average molecular weight is 234 g/mol. The van der Waals surface area contributed by atoms with Gasteiger partial charge in [0, 0.05) is 23.8 Å². The summed E-state index contributed by atoms with van der Waals surface area (Å²) >= 11 is 0. The number of amides is 1. The first-order valence-electron chi connectivity index (χ1n) is 6.32. The van der Waals surface area contributed by atoms with Crippen LogP contribution in [0, 0.1) is 0 Å². The molecule has 1 atom stereocenters. The molecule has 0 aliphatic rings. The van der Waals surface area contributed by atoms with Crippen molar-refractivity contribution in [3.63, 3.8) is 0 Å². The first kappa shape index (κ1) is 13.6. The highest BCUT2D eigenvalue weighted by Crippen LogP contribution is 2.15. The fraction of sp³-hybridized carbons (Fsp3) is 0.500. The van der Waals surface area contributed by atoms with Gasteiger partial charge in [-0.25, -0.2) is 0 Å². The normalized spacial score (nSPS) is 11.9. The van der Waals surface area contributed by atoms with E-state index in [1.807, 2.05) is 31.2 Å². The third kappa shape index (κ3) is 4.89. The van der Waals surface area contributed by atoms with E-state index in [1.54, 1.807) is 0 Å². The van der Waals surface area contributed by atoms with Crippen LogP contribution in [0.5, 0.6) is 0 Å². The average Bonchev–Trinajstić information content (AvgIpc) is 2.32. The number of carbonyl (C=O) groups is 1. The Kier molecular flexibility index (Phi) is 5.53. The highest BCUT2D eigenvalue weighted by molar-refractivity contribution is 5.90. The van der Waals surface area contributed by atoms with Crippen LogP contribution in [0.2, 0.25) is 0 Å². The van der Waals surface area contributed by atoms with Crippen molar-refractivity contribution in [2.24, 2.45) is 0 Å². The van der Waals surface area contributed by atoms with Crippen LogP contribution in [0.4, 0.5) is 11.4 Å². The number of hydrogen-bond acceptors (Lipinski definition) is 2. The zero-order chi connectivity index (χ0) is 12.7. The van der Waals surface area contributed by atoms with Crippen molar-refractivity contribution in [2.45, 2.75) is 46.1 Å². The molecular formula is C14H22N2O. The van der Waals surface area contributed by atoms with E-state index < -0.39 is 0 Å². The van der Waals surface area contributed by atoms with Crippen LogP contribution in [0.25, 0.3) is 0 Å². The fourth-order valence-corrected chi connectivity index (χ4v) is 1.49. The van der Waals surface area contributed by atoms with Gasteiger partial charge in [0.1, 0.15) is 0 Å². The maximum atomic E-state index is 11.4. The highest BCUT2D eigenvalue weighted by Gasteiger charge is 2.01. The Bertz CT molecular complexity index is 346. The van der Waals surface area contributed by atoms with Crippen LogP contribution < -0.4 is 10.6 Å². The molecule has 1 unspecified atom stereocenters. The molecule has 0 aliphatic carbocycles. The number of hydrogen-bond donors (Lipinski definition) is 2. The molecule has 1 amide bonds. The summed E-state index contributed by atoms with van der Waals surface area (Å²) < 4.78 is 0. The lowest BCUT2D eigenvalue weighted by Crippen LogP contribution is -2.13. The topological polar surface area (TPSA) is 41.1 Å². The molecule has 3 nitrogen and oxygen atoms in total. The van der Waals surface area contributed by atoms with Crippen molar-refractivity contribution in [2.75, 3.05) is 10.6 Å². The van der Waals surface area contributed by atoms with Gasteiger partial charge in [-0.1, -0.05) is 13.8 Å². The van der Waals surface area contributed by atoms with Crippen molar-refractivity contribution >= 4 is 17.3 Å². The van der Waals surface area contributed by atoms with Gasteiger partial charge in [0.2, 0.25) is 5.91 Å². The van der Waals surface area contributed by atoms with Crippen molar-refractivity contribution in [3.8, 4) is 0 Å². The SMILES string of the molecule is CCCC(=O)Nc1ccc(NC(C)CC)cc1. The molecule has 0 heterocycles. The molecular weight excluding hydrogens is 212 g/mol. The van der Waals surface area contributed by atoms with Gasteiger partial charge in [0.25, 0.3) is 0 Å². The van der Waals surface area contributed by atoms with Gasteiger partial charge in [-0.05, 0) is 44.0 Å². The van der Waals surface area contributed by atoms with Crippen molar-refractivity contribution in [1.82, 2.24) is 0 Å². The molecule has 0 fully saturated rings. The van der Waals surface area contributed by atoms with Crippen LogP contribution in [0.3, 0.4) is 0 Å². The van der Waals surface area contributed by atoms with Crippen molar-refractivity contribution in [1.29, 1.82) is 0 Å². The number of benzene rings is 1. The fourth-order valence-electron chi connectivity index (χ4n) is 1.49. The van der Waals surface area contributed by atoms with Crippen molar-refractivity contribution in [3.05, 3.63) is 24.3 Å². The Morgan fingerprint density at radius 3 is 2.29 bits per heavy atom. The van der Waals surface area contributed by atoms with E-state index in [0.29, 0.717) is 12.5 Å². The molecule has 1 aromatic rings. The lowest BCUT2D eigenvalue weighted by atomic mass is 10.2. The Balaban J connectivity index is 2.52. The number of anilines is 2. The Morgan fingerprint density at radius 2 is 1.76 bits per heavy atom. The van der Waals surface area contributed by atoms with Crippen LogP contribution in [-0.2, 0) is 4.79 Å². The monoisotopic (exact) mass is 234 g/mol. The highest BCUT2D eigenvalue weighted by atomic mass is 16.1. The minimum absolute atomic E-state index is 0.0788. The smallest absolute Gasteiger partial charge is 0.224 e. The van der Waals surface area contributed by atoms with E-state index in [2.05, 4.69) is 24.5 Å². The minimum atomic E-state index is 0.0788. The van der Waals surface area contributed by atoms with E-state index in [9.17, 15) is 4.79 Å². The molecule has 1 aromatic carbocycles. The summed E-state index contributed by atoms with van der Waals surface area (Å²) in [5, 5.41) is 6.26. The molecule has 0 aliphatic heterocycles. The van der Waals surface area contributed by atoms with Gasteiger partial charge in [0.05, 0.1) is 0 Å². The van der Waals surface area contributed by atoms with E-state index in [4.69, 9.17) is 0 Å². The number of rotatable bonds is 6. The van der Waals surface area contributed by atoms with Gasteiger partial charge in [-0.2, -0.15) is 0 Å². The molecule has 94 valence electrons. The molecule has 0 spiro atoms.